The fraction of sp³-hybridized carbons (Fsp3) is 0.500. The van der Waals surface area contributed by atoms with Crippen molar-refractivity contribution in [2.45, 2.75) is 18.8 Å². The molecule has 0 bridgehead atoms. The summed E-state index contributed by atoms with van der Waals surface area (Å²) in [6.45, 7) is 2.03. The van der Waals surface area contributed by atoms with Crippen molar-refractivity contribution < 1.29 is 9.13 Å². The van der Waals surface area contributed by atoms with Crippen LogP contribution in [0.1, 0.15) is 24.3 Å². The summed E-state index contributed by atoms with van der Waals surface area (Å²) in [5, 5.41) is 3.33. The molecular weight excluding hydrogens is 193 g/mol. The Hall–Kier alpha value is -1.09. The standard InChI is InChI=1S/C12H16FNO/c1-15-12-5-4-9(7-11(12)13)10-3-2-6-14-8-10/h4-5,7,10,14H,2-3,6,8H2,1H3. The monoisotopic (exact) mass is 209 g/mol. The molecule has 1 aliphatic rings. The van der Waals surface area contributed by atoms with Crippen molar-refractivity contribution in [2.24, 2.45) is 0 Å². The normalized spacial score (nSPS) is 21.3. The predicted octanol–water partition coefficient (Wildman–Crippen LogP) is 2.30. The van der Waals surface area contributed by atoms with Gasteiger partial charge in [0.15, 0.2) is 11.6 Å². The van der Waals surface area contributed by atoms with Gasteiger partial charge in [0.25, 0.3) is 0 Å². The van der Waals surface area contributed by atoms with Gasteiger partial charge in [-0.15, -0.1) is 0 Å². The quantitative estimate of drug-likeness (QED) is 0.807. The summed E-state index contributed by atoms with van der Waals surface area (Å²) in [5.74, 6) is 0.502. The van der Waals surface area contributed by atoms with E-state index in [0.29, 0.717) is 11.7 Å². The molecule has 82 valence electrons. The van der Waals surface area contributed by atoms with Gasteiger partial charge >= 0.3 is 0 Å². The molecule has 1 atom stereocenters. The van der Waals surface area contributed by atoms with Crippen LogP contribution in [0.4, 0.5) is 4.39 Å². The van der Waals surface area contributed by atoms with E-state index < -0.39 is 0 Å². The summed E-state index contributed by atoms with van der Waals surface area (Å²) in [4.78, 5) is 0. The number of ether oxygens (including phenoxy) is 1. The SMILES string of the molecule is COc1ccc(C2CCCNC2)cc1F. The molecule has 2 rings (SSSR count). The fourth-order valence-corrected chi connectivity index (χ4v) is 2.07. The molecule has 1 fully saturated rings. The summed E-state index contributed by atoms with van der Waals surface area (Å²) in [6.07, 6.45) is 2.30. The average molecular weight is 209 g/mol. The van der Waals surface area contributed by atoms with Crippen LogP contribution in [-0.2, 0) is 0 Å². The number of nitrogens with one attached hydrogen (secondary N) is 1. The molecule has 0 aromatic heterocycles. The first-order valence-electron chi connectivity index (χ1n) is 5.35. The molecule has 1 N–H and O–H groups in total. The molecule has 0 aliphatic carbocycles. The number of rotatable bonds is 2. The maximum atomic E-state index is 13.5. The Morgan fingerprint density at radius 2 is 2.33 bits per heavy atom. The molecule has 1 aromatic carbocycles. The lowest BCUT2D eigenvalue weighted by atomic mass is 9.91. The Kier molecular flexibility index (Phi) is 3.21. The number of hydrogen-bond acceptors (Lipinski definition) is 2. The molecule has 1 unspecified atom stereocenters. The van der Waals surface area contributed by atoms with Crippen molar-refractivity contribution in [3.05, 3.63) is 29.6 Å². The van der Waals surface area contributed by atoms with E-state index in [1.807, 2.05) is 6.07 Å². The van der Waals surface area contributed by atoms with Crippen LogP contribution in [0.3, 0.4) is 0 Å². The van der Waals surface area contributed by atoms with Crippen molar-refractivity contribution >= 4 is 0 Å². The summed E-state index contributed by atoms with van der Waals surface area (Å²) >= 11 is 0. The molecular formula is C12H16FNO. The lowest BCUT2D eigenvalue weighted by Crippen LogP contribution is -2.28. The van der Waals surface area contributed by atoms with Crippen molar-refractivity contribution in [3.63, 3.8) is 0 Å². The lowest BCUT2D eigenvalue weighted by Gasteiger charge is -2.23. The minimum Gasteiger partial charge on any atom is -0.494 e. The van der Waals surface area contributed by atoms with Gasteiger partial charge in [0.2, 0.25) is 0 Å². The van der Waals surface area contributed by atoms with Crippen molar-refractivity contribution in [1.29, 1.82) is 0 Å². The van der Waals surface area contributed by atoms with E-state index in [4.69, 9.17) is 4.74 Å². The van der Waals surface area contributed by atoms with Gasteiger partial charge in [0, 0.05) is 6.54 Å². The number of methoxy groups -OCH3 is 1. The van der Waals surface area contributed by atoms with Crippen molar-refractivity contribution in [2.75, 3.05) is 20.2 Å². The summed E-state index contributed by atoms with van der Waals surface area (Å²) < 4.78 is 18.4. The zero-order chi connectivity index (χ0) is 10.7. The van der Waals surface area contributed by atoms with E-state index in [2.05, 4.69) is 5.32 Å². The molecule has 1 aromatic rings. The second-order valence-electron chi connectivity index (χ2n) is 3.94. The smallest absolute Gasteiger partial charge is 0.165 e. The van der Waals surface area contributed by atoms with E-state index >= 15 is 0 Å². The Balaban J connectivity index is 2.17. The average Bonchev–Trinajstić information content (AvgIpc) is 2.30. The molecule has 0 spiro atoms. The lowest BCUT2D eigenvalue weighted by molar-refractivity contribution is 0.385. The minimum absolute atomic E-state index is 0.263. The maximum absolute atomic E-state index is 13.5. The highest BCUT2D eigenvalue weighted by molar-refractivity contribution is 5.31. The number of piperidine rings is 1. The van der Waals surface area contributed by atoms with Crippen molar-refractivity contribution in [3.8, 4) is 5.75 Å². The number of halogens is 1. The molecule has 0 radical (unpaired) electrons. The Labute approximate surface area is 89.4 Å². The molecule has 1 heterocycles. The third kappa shape index (κ3) is 2.29. The first kappa shape index (κ1) is 10.4. The molecule has 0 saturated carbocycles. The van der Waals surface area contributed by atoms with Crippen LogP contribution >= 0.6 is 0 Å². The molecule has 15 heavy (non-hydrogen) atoms. The van der Waals surface area contributed by atoms with Crippen LogP contribution in [0.2, 0.25) is 0 Å². The van der Waals surface area contributed by atoms with Gasteiger partial charge in [-0.05, 0) is 43.0 Å². The number of hydrogen-bond donors (Lipinski definition) is 1. The van der Waals surface area contributed by atoms with Crippen LogP contribution in [0.25, 0.3) is 0 Å². The van der Waals surface area contributed by atoms with E-state index in [1.54, 1.807) is 12.1 Å². The summed E-state index contributed by atoms with van der Waals surface area (Å²) in [7, 11) is 1.49. The predicted molar refractivity (Wildman–Crippen MR) is 57.8 cm³/mol. The van der Waals surface area contributed by atoms with Gasteiger partial charge in [-0.1, -0.05) is 6.07 Å². The van der Waals surface area contributed by atoms with E-state index in [-0.39, 0.29) is 5.82 Å². The third-order valence-electron chi connectivity index (χ3n) is 2.94. The second-order valence-corrected chi connectivity index (χ2v) is 3.94. The topological polar surface area (TPSA) is 21.3 Å². The van der Waals surface area contributed by atoms with Crippen LogP contribution < -0.4 is 10.1 Å². The Bertz CT molecular complexity index is 334. The maximum Gasteiger partial charge on any atom is 0.165 e. The summed E-state index contributed by atoms with van der Waals surface area (Å²) in [5.41, 5.74) is 1.07. The van der Waals surface area contributed by atoms with Gasteiger partial charge in [-0.2, -0.15) is 0 Å². The fourth-order valence-electron chi connectivity index (χ4n) is 2.07. The molecule has 3 heteroatoms. The van der Waals surface area contributed by atoms with Gasteiger partial charge in [0.1, 0.15) is 0 Å². The van der Waals surface area contributed by atoms with E-state index in [9.17, 15) is 4.39 Å². The Morgan fingerprint density at radius 1 is 1.47 bits per heavy atom. The third-order valence-corrected chi connectivity index (χ3v) is 2.94. The molecule has 1 saturated heterocycles. The Morgan fingerprint density at radius 3 is 2.93 bits per heavy atom. The second kappa shape index (κ2) is 4.62. The zero-order valence-corrected chi connectivity index (χ0v) is 8.92. The number of benzene rings is 1. The van der Waals surface area contributed by atoms with Crippen LogP contribution in [0.15, 0.2) is 18.2 Å². The van der Waals surface area contributed by atoms with Crippen LogP contribution in [-0.4, -0.2) is 20.2 Å². The van der Waals surface area contributed by atoms with Gasteiger partial charge in [0.05, 0.1) is 7.11 Å². The van der Waals surface area contributed by atoms with Gasteiger partial charge in [-0.25, -0.2) is 4.39 Å². The first-order chi connectivity index (χ1) is 7.31. The molecule has 0 amide bonds. The van der Waals surface area contributed by atoms with Crippen LogP contribution in [0.5, 0.6) is 5.75 Å². The zero-order valence-electron chi connectivity index (χ0n) is 8.92. The largest absolute Gasteiger partial charge is 0.494 e. The van der Waals surface area contributed by atoms with E-state index in [1.165, 1.54) is 7.11 Å². The molecule has 2 nitrogen and oxygen atoms in total. The van der Waals surface area contributed by atoms with Gasteiger partial charge < -0.3 is 10.1 Å². The van der Waals surface area contributed by atoms with Crippen LogP contribution in [0, 0.1) is 5.82 Å². The summed E-state index contributed by atoms with van der Waals surface area (Å²) in [6, 6.07) is 5.26. The van der Waals surface area contributed by atoms with Crippen molar-refractivity contribution in [1.82, 2.24) is 5.32 Å². The first-order valence-corrected chi connectivity index (χ1v) is 5.35. The van der Waals surface area contributed by atoms with E-state index in [0.717, 1.165) is 31.5 Å². The minimum atomic E-state index is -0.263. The van der Waals surface area contributed by atoms with Gasteiger partial charge in [-0.3, -0.25) is 0 Å². The molecule has 1 aliphatic heterocycles. The highest BCUT2D eigenvalue weighted by Crippen LogP contribution is 2.26. The highest BCUT2D eigenvalue weighted by Gasteiger charge is 2.16. The highest BCUT2D eigenvalue weighted by atomic mass is 19.1.